The Bertz CT molecular complexity index is 1000. The number of carbonyl (C=O) groups is 1. The van der Waals surface area contributed by atoms with E-state index in [-0.39, 0.29) is 19.6 Å². The molecule has 1 rings (SSSR count). The van der Waals surface area contributed by atoms with Crippen LogP contribution < -0.4 is 0 Å². The van der Waals surface area contributed by atoms with Gasteiger partial charge in [0.25, 0.3) is 0 Å². The number of carbonyl (C=O) groups excluding carboxylic acids is 1. The quantitative estimate of drug-likeness (QED) is 0.0323. The van der Waals surface area contributed by atoms with Crippen molar-refractivity contribution in [2.75, 3.05) is 26.4 Å². The lowest BCUT2D eigenvalue weighted by atomic mass is 9.99. The first-order chi connectivity index (χ1) is 24.9. The number of unbranched alkanes of at least 4 members (excludes halogenated alkanes) is 8. The van der Waals surface area contributed by atoms with Crippen LogP contribution >= 0.6 is 0 Å². The highest BCUT2D eigenvalue weighted by Gasteiger charge is 2.44. The van der Waals surface area contributed by atoms with E-state index in [1.807, 2.05) is 12.2 Å². The van der Waals surface area contributed by atoms with Gasteiger partial charge in [-0.05, 0) is 64.2 Å². The van der Waals surface area contributed by atoms with Crippen molar-refractivity contribution in [3.8, 4) is 0 Å². The minimum atomic E-state index is -1.55. The van der Waals surface area contributed by atoms with Gasteiger partial charge >= 0.3 is 5.97 Å². The van der Waals surface area contributed by atoms with Crippen molar-refractivity contribution >= 4 is 5.97 Å². The molecule has 0 radical (unpaired) electrons. The van der Waals surface area contributed by atoms with Crippen LogP contribution in [-0.4, -0.2) is 89.6 Å². The van der Waals surface area contributed by atoms with E-state index in [4.69, 9.17) is 18.9 Å². The Labute approximate surface area is 308 Å². The Morgan fingerprint density at radius 3 is 1.80 bits per heavy atom. The van der Waals surface area contributed by atoms with Gasteiger partial charge in [-0.2, -0.15) is 0 Å². The van der Waals surface area contributed by atoms with E-state index in [1.165, 1.54) is 38.5 Å². The summed E-state index contributed by atoms with van der Waals surface area (Å²) in [5, 5.41) is 39.9. The van der Waals surface area contributed by atoms with Crippen molar-refractivity contribution in [1.82, 2.24) is 0 Å². The molecule has 4 N–H and O–H groups in total. The molecule has 1 aliphatic heterocycles. The summed E-state index contributed by atoms with van der Waals surface area (Å²) in [6.45, 7) is 4.25. The molecule has 292 valence electrons. The third-order valence-corrected chi connectivity index (χ3v) is 8.37. The van der Waals surface area contributed by atoms with Gasteiger partial charge in [0.1, 0.15) is 30.5 Å². The van der Waals surface area contributed by atoms with E-state index in [2.05, 4.69) is 74.6 Å². The van der Waals surface area contributed by atoms with E-state index in [0.29, 0.717) is 13.0 Å². The van der Waals surface area contributed by atoms with Gasteiger partial charge < -0.3 is 39.4 Å². The van der Waals surface area contributed by atoms with Crippen molar-refractivity contribution < 1.29 is 44.2 Å². The zero-order valence-electron chi connectivity index (χ0n) is 31.6. The van der Waals surface area contributed by atoms with Crippen LogP contribution in [0.25, 0.3) is 0 Å². The first-order valence-electron chi connectivity index (χ1n) is 19.5. The second-order valence-corrected chi connectivity index (χ2v) is 13.0. The summed E-state index contributed by atoms with van der Waals surface area (Å²) in [4.78, 5) is 12.7. The van der Waals surface area contributed by atoms with Gasteiger partial charge in [0, 0.05) is 13.0 Å². The highest BCUT2D eigenvalue weighted by atomic mass is 16.7. The molecule has 0 bridgehead atoms. The first-order valence-corrected chi connectivity index (χ1v) is 19.5. The maximum absolute atomic E-state index is 12.7. The van der Waals surface area contributed by atoms with E-state index < -0.39 is 49.4 Å². The molecule has 0 aliphatic carbocycles. The van der Waals surface area contributed by atoms with Crippen molar-refractivity contribution in [1.29, 1.82) is 0 Å². The van der Waals surface area contributed by atoms with Crippen LogP contribution in [-0.2, 0) is 23.7 Å². The second kappa shape index (κ2) is 33.5. The van der Waals surface area contributed by atoms with E-state index in [1.54, 1.807) is 0 Å². The fourth-order valence-electron chi connectivity index (χ4n) is 5.28. The van der Waals surface area contributed by atoms with Crippen molar-refractivity contribution in [2.24, 2.45) is 0 Å². The molecule has 6 atom stereocenters. The lowest BCUT2D eigenvalue weighted by molar-refractivity contribution is -0.305. The highest BCUT2D eigenvalue weighted by Crippen LogP contribution is 2.22. The minimum absolute atomic E-state index is 0.104. The monoisotopic (exact) mass is 719 g/mol. The van der Waals surface area contributed by atoms with E-state index in [0.717, 1.165) is 57.8 Å². The lowest BCUT2D eigenvalue weighted by Crippen LogP contribution is -2.59. The van der Waals surface area contributed by atoms with Crippen LogP contribution in [0.15, 0.2) is 72.9 Å². The van der Waals surface area contributed by atoms with Crippen LogP contribution in [0, 0.1) is 0 Å². The fourth-order valence-corrected chi connectivity index (χ4v) is 5.28. The molecule has 0 aromatic rings. The summed E-state index contributed by atoms with van der Waals surface area (Å²) in [6.07, 6.45) is 35.1. The molecule has 9 nitrogen and oxygen atoms in total. The van der Waals surface area contributed by atoms with Gasteiger partial charge in [-0.15, -0.1) is 0 Å². The van der Waals surface area contributed by atoms with Crippen molar-refractivity contribution in [3.63, 3.8) is 0 Å². The molecule has 1 heterocycles. The smallest absolute Gasteiger partial charge is 0.306 e. The van der Waals surface area contributed by atoms with Gasteiger partial charge in [0.15, 0.2) is 6.29 Å². The van der Waals surface area contributed by atoms with Gasteiger partial charge in [-0.3, -0.25) is 4.79 Å². The molecule has 0 saturated carbocycles. The number of esters is 1. The second-order valence-electron chi connectivity index (χ2n) is 13.0. The maximum atomic E-state index is 12.7. The fraction of sp³-hybridized carbons (Fsp3) is 0.690. The number of aliphatic hydroxyl groups is 4. The topological polar surface area (TPSA) is 135 Å². The Hall–Kier alpha value is -2.37. The molecular weight excluding hydrogens is 648 g/mol. The molecule has 0 aromatic carbocycles. The molecule has 1 fully saturated rings. The maximum Gasteiger partial charge on any atom is 0.306 e. The number of hydrogen-bond donors (Lipinski definition) is 4. The first kappa shape index (κ1) is 46.7. The van der Waals surface area contributed by atoms with Gasteiger partial charge in [-0.1, -0.05) is 125 Å². The molecule has 0 spiro atoms. The average Bonchev–Trinajstić information content (AvgIpc) is 3.13. The summed E-state index contributed by atoms with van der Waals surface area (Å²) >= 11 is 0. The molecule has 0 amide bonds. The van der Waals surface area contributed by atoms with Crippen LogP contribution in [0.3, 0.4) is 0 Å². The van der Waals surface area contributed by atoms with Crippen LogP contribution in [0.4, 0.5) is 0 Å². The van der Waals surface area contributed by atoms with Crippen LogP contribution in [0.5, 0.6) is 0 Å². The van der Waals surface area contributed by atoms with E-state index in [9.17, 15) is 25.2 Å². The minimum Gasteiger partial charge on any atom is -0.457 e. The normalized spacial score (nSPS) is 22.2. The Morgan fingerprint density at radius 1 is 0.647 bits per heavy atom. The van der Waals surface area contributed by atoms with Gasteiger partial charge in [0.2, 0.25) is 0 Å². The summed E-state index contributed by atoms with van der Waals surface area (Å²) < 4.78 is 22.6. The largest absolute Gasteiger partial charge is 0.457 e. The van der Waals surface area contributed by atoms with Crippen LogP contribution in [0.2, 0.25) is 0 Å². The SMILES string of the molecule is CC/C=C\C/C=C\C/C=C\C/C=C\CCC(=O)OC(COCCCCCCCC/C=C\C/C=C\CCCC)COC1OC(CO)C(O)C(O)C1O. The third-order valence-electron chi connectivity index (χ3n) is 8.37. The standard InChI is InChI=1S/C42H70O9/c1-3-5-7-9-11-13-15-17-18-20-22-24-26-28-30-32-48-34-36(35-49-42-41(47)40(46)39(45)37(33-43)51-42)50-38(44)31-29-27-25-23-21-19-16-14-12-10-8-6-4-2/h6,8-9,11-12,14-15,17,19,21,25,27,36-37,39-43,45-47H,3-5,7,10,13,16,18,20,22-24,26,28-35H2,1-2H3/b8-6-,11-9-,14-12-,17-15-,21-19-,27-25-. The molecule has 9 heteroatoms. The number of ether oxygens (including phenoxy) is 4. The predicted molar refractivity (Wildman–Crippen MR) is 205 cm³/mol. The highest BCUT2D eigenvalue weighted by molar-refractivity contribution is 5.69. The Balaban J connectivity index is 2.39. The Kier molecular flexibility index (Phi) is 30.6. The zero-order chi connectivity index (χ0) is 37.2. The lowest BCUT2D eigenvalue weighted by Gasteiger charge is -2.39. The van der Waals surface area contributed by atoms with Gasteiger partial charge in [-0.25, -0.2) is 0 Å². The van der Waals surface area contributed by atoms with Crippen molar-refractivity contribution in [2.45, 2.75) is 160 Å². The summed E-state index contributed by atoms with van der Waals surface area (Å²) in [7, 11) is 0. The van der Waals surface area contributed by atoms with Crippen molar-refractivity contribution in [3.05, 3.63) is 72.9 Å². The number of rotatable bonds is 31. The summed E-state index contributed by atoms with van der Waals surface area (Å²) in [5.74, 6) is -0.401. The predicted octanol–water partition coefficient (Wildman–Crippen LogP) is 7.74. The number of aliphatic hydroxyl groups excluding tert-OH is 4. The molecule has 1 saturated heterocycles. The zero-order valence-corrected chi connectivity index (χ0v) is 31.6. The number of allylic oxidation sites excluding steroid dienone is 12. The van der Waals surface area contributed by atoms with E-state index >= 15 is 0 Å². The average molecular weight is 719 g/mol. The molecular formula is C42H70O9. The molecule has 6 unspecified atom stereocenters. The number of hydrogen-bond acceptors (Lipinski definition) is 9. The molecule has 1 aliphatic rings. The summed E-state index contributed by atoms with van der Waals surface area (Å²) in [6, 6.07) is 0. The van der Waals surface area contributed by atoms with Gasteiger partial charge in [0.05, 0.1) is 19.8 Å². The third kappa shape index (κ3) is 25.3. The van der Waals surface area contributed by atoms with Crippen LogP contribution in [0.1, 0.15) is 123 Å². The molecule has 51 heavy (non-hydrogen) atoms. The Morgan fingerprint density at radius 2 is 1.20 bits per heavy atom. The summed E-state index contributed by atoms with van der Waals surface area (Å²) in [5.41, 5.74) is 0. The molecule has 0 aromatic heterocycles.